The Bertz CT molecular complexity index is 1680. The number of nitrogens with one attached hydrogen (secondary N) is 3. The minimum Gasteiger partial charge on any atom is -0.444 e. The lowest BCUT2D eigenvalue weighted by Gasteiger charge is -2.34. The summed E-state index contributed by atoms with van der Waals surface area (Å²) < 4.78 is 53.4. The molecule has 51 heavy (non-hydrogen) atoms. The molecule has 1 aliphatic carbocycles. The Morgan fingerprint density at radius 3 is 2.49 bits per heavy atom. The Hall–Kier alpha value is -4.21. The highest BCUT2D eigenvalue weighted by Crippen LogP contribution is 2.31. The van der Waals surface area contributed by atoms with Crippen LogP contribution in [0, 0.1) is 5.82 Å². The topological polar surface area (TPSA) is 181 Å². The van der Waals surface area contributed by atoms with E-state index in [4.69, 9.17) is 9.47 Å². The lowest BCUT2D eigenvalue weighted by atomic mass is 9.92. The molecule has 0 bridgehead atoms. The van der Waals surface area contributed by atoms with Gasteiger partial charge in [-0.2, -0.15) is 0 Å². The zero-order chi connectivity index (χ0) is 37.1. The first-order valence-corrected chi connectivity index (χ1v) is 19.1. The number of carbonyl (C=O) groups is 5. The van der Waals surface area contributed by atoms with Crippen LogP contribution < -0.4 is 15.4 Å². The molecule has 0 spiro atoms. The molecule has 2 fully saturated rings. The van der Waals surface area contributed by atoms with Gasteiger partial charge in [0.1, 0.15) is 35.1 Å². The fourth-order valence-electron chi connectivity index (χ4n) is 6.61. The van der Waals surface area contributed by atoms with Crippen molar-refractivity contribution < 1.29 is 46.3 Å². The second-order valence-electron chi connectivity index (χ2n) is 14.7. The van der Waals surface area contributed by atoms with Crippen molar-refractivity contribution in [3.63, 3.8) is 0 Å². The number of carbonyl (C=O) groups excluding carboxylic acids is 5. The van der Waals surface area contributed by atoms with E-state index in [0.29, 0.717) is 49.7 Å². The molecule has 4 atom stereocenters. The summed E-state index contributed by atoms with van der Waals surface area (Å²) in [6.45, 7) is 6.61. The van der Waals surface area contributed by atoms with E-state index in [1.165, 1.54) is 21.9 Å². The molecule has 3 N–H and O–H groups in total. The van der Waals surface area contributed by atoms with Crippen molar-refractivity contribution in [2.75, 3.05) is 6.54 Å². The van der Waals surface area contributed by atoms with Gasteiger partial charge in [0.15, 0.2) is 0 Å². The second kappa shape index (κ2) is 15.2. The maximum atomic E-state index is 14.4. The molecule has 3 heterocycles. The third-order valence-electron chi connectivity index (χ3n) is 9.56. The molecular formula is C35H48FN5O9S. The summed E-state index contributed by atoms with van der Waals surface area (Å²) in [5.74, 6) is -2.73. The Labute approximate surface area is 297 Å². The highest BCUT2D eigenvalue weighted by molar-refractivity contribution is 7.91. The number of fused-ring (bicyclic) bond motifs is 2. The number of hydrogen-bond acceptors (Lipinski definition) is 9. The summed E-state index contributed by atoms with van der Waals surface area (Å²) in [5, 5.41) is 4.72. The maximum absolute atomic E-state index is 14.4. The van der Waals surface area contributed by atoms with E-state index < -0.39 is 80.3 Å². The van der Waals surface area contributed by atoms with Crippen molar-refractivity contribution in [3.8, 4) is 0 Å². The van der Waals surface area contributed by atoms with Gasteiger partial charge in [0.05, 0.1) is 18.3 Å². The number of rotatable bonds is 6. The fraction of sp³-hybridized carbons (Fsp3) is 0.629. The van der Waals surface area contributed by atoms with E-state index in [-0.39, 0.29) is 38.9 Å². The highest BCUT2D eigenvalue weighted by atomic mass is 32.2. The van der Waals surface area contributed by atoms with Crippen LogP contribution in [-0.2, 0) is 47.0 Å². The third kappa shape index (κ3) is 9.18. The average molecular weight is 734 g/mol. The van der Waals surface area contributed by atoms with Crippen molar-refractivity contribution >= 4 is 39.9 Å². The number of hydrogen-bond donors (Lipinski definition) is 3. The minimum absolute atomic E-state index is 0.00472. The molecule has 16 heteroatoms. The SMILES string of the molecule is CC[C@]1(C(=O)NS(=O)(=O)C2CC2)/C=C\CCCCC[C@H](NC(=O)OC(C)(C)C)C(=O)N2C[C@H](OC(=O)N3Cc4cccc(F)c4C3)C[C@H]2C(=O)N1. The number of halogens is 1. The van der Waals surface area contributed by atoms with Crippen LogP contribution >= 0.6 is 0 Å². The van der Waals surface area contributed by atoms with Gasteiger partial charge in [0.2, 0.25) is 21.8 Å². The van der Waals surface area contributed by atoms with Crippen LogP contribution in [0.25, 0.3) is 0 Å². The van der Waals surface area contributed by atoms with Crippen LogP contribution in [0.5, 0.6) is 0 Å². The highest BCUT2D eigenvalue weighted by Gasteiger charge is 2.48. The van der Waals surface area contributed by atoms with E-state index in [1.54, 1.807) is 45.9 Å². The zero-order valence-electron chi connectivity index (χ0n) is 29.5. The van der Waals surface area contributed by atoms with Crippen LogP contribution in [0.4, 0.5) is 14.0 Å². The fourth-order valence-corrected chi connectivity index (χ4v) is 7.97. The standard InChI is InChI=1S/C35H48FN5O9S/c1-5-35(31(44)39-51(47,48)24-15-16-24)17-10-8-6-7-9-14-27(37-32(45)50-34(2,3)4)30(43)41-20-23(18-28(41)29(42)38-35)49-33(46)40-19-22-12-11-13-26(36)25(22)21-40/h10-13,17,23-24,27-28H,5-9,14-16,18-21H2,1-4H3,(H,37,45)(H,38,42)(H,39,44)/b17-10-/t23-,27+,28+,35-/m1/s1. The Balaban J connectivity index is 1.42. The van der Waals surface area contributed by atoms with E-state index in [9.17, 15) is 36.8 Å². The van der Waals surface area contributed by atoms with Crippen molar-refractivity contribution in [1.29, 1.82) is 0 Å². The quantitative estimate of drug-likeness (QED) is 0.369. The van der Waals surface area contributed by atoms with Crippen LogP contribution in [0.1, 0.15) is 96.6 Å². The van der Waals surface area contributed by atoms with Crippen molar-refractivity contribution in [2.24, 2.45) is 0 Å². The van der Waals surface area contributed by atoms with Gasteiger partial charge in [0.25, 0.3) is 5.91 Å². The lowest BCUT2D eigenvalue weighted by Crippen LogP contribution is -2.62. The average Bonchev–Trinajstić information content (AvgIpc) is 3.69. The largest absolute Gasteiger partial charge is 0.444 e. The normalized spacial score (nSPS) is 26.6. The molecule has 14 nitrogen and oxygen atoms in total. The molecule has 5 amide bonds. The molecular weight excluding hydrogens is 685 g/mol. The molecule has 280 valence electrons. The number of allylic oxidation sites excluding steroid dienone is 1. The molecule has 1 saturated heterocycles. The molecule has 0 radical (unpaired) electrons. The van der Waals surface area contributed by atoms with Gasteiger partial charge in [-0.15, -0.1) is 0 Å². The van der Waals surface area contributed by atoms with Gasteiger partial charge in [-0.3, -0.25) is 24.0 Å². The summed E-state index contributed by atoms with van der Waals surface area (Å²) in [6, 6.07) is 2.25. The first-order chi connectivity index (χ1) is 24.0. The number of ether oxygens (including phenoxy) is 2. The van der Waals surface area contributed by atoms with Crippen LogP contribution in [-0.4, -0.2) is 89.2 Å². The summed E-state index contributed by atoms with van der Waals surface area (Å²) in [5.41, 5.74) is -1.58. The van der Waals surface area contributed by atoms with E-state index in [0.717, 1.165) is 0 Å². The number of sulfonamides is 1. The minimum atomic E-state index is -3.96. The molecule has 4 aliphatic rings. The van der Waals surface area contributed by atoms with Gasteiger partial charge in [-0.05, 0) is 70.9 Å². The monoisotopic (exact) mass is 733 g/mol. The predicted molar refractivity (Wildman–Crippen MR) is 183 cm³/mol. The number of benzene rings is 1. The number of nitrogens with zero attached hydrogens (tertiary/aromatic N) is 2. The van der Waals surface area contributed by atoms with E-state index in [2.05, 4.69) is 15.4 Å². The number of alkyl carbamates (subject to hydrolysis) is 1. The first-order valence-electron chi connectivity index (χ1n) is 17.6. The Morgan fingerprint density at radius 1 is 1.08 bits per heavy atom. The van der Waals surface area contributed by atoms with Crippen molar-refractivity contribution in [2.45, 2.75) is 133 Å². The molecule has 1 aromatic rings. The van der Waals surface area contributed by atoms with Crippen LogP contribution in [0.3, 0.4) is 0 Å². The Morgan fingerprint density at radius 2 is 1.82 bits per heavy atom. The smallest absolute Gasteiger partial charge is 0.410 e. The summed E-state index contributed by atoms with van der Waals surface area (Å²) in [4.78, 5) is 70.9. The van der Waals surface area contributed by atoms with Crippen LogP contribution in [0.15, 0.2) is 30.4 Å². The van der Waals surface area contributed by atoms with Gasteiger partial charge < -0.3 is 25.0 Å². The lowest BCUT2D eigenvalue weighted by molar-refractivity contribution is -0.141. The first kappa shape index (κ1) is 38.0. The zero-order valence-corrected chi connectivity index (χ0v) is 30.4. The molecule has 0 aromatic heterocycles. The summed E-state index contributed by atoms with van der Waals surface area (Å²) in [7, 11) is -3.96. The molecule has 1 saturated carbocycles. The van der Waals surface area contributed by atoms with Gasteiger partial charge in [0, 0.05) is 18.5 Å². The van der Waals surface area contributed by atoms with Crippen molar-refractivity contribution in [1.82, 2.24) is 25.2 Å². The van der Waals surface area contributed by atoms with Gasteiger partial charge in [-0.1, -0.05) is 44.1 Å². The number of amides is 5. The van der Waals surface area contributed by atoms with E-state index >= 15 is 0 Å². The molecule has 3 aliphatic heterocycles. The van der Waals surface area contributed by atoms with Gasteiger partial charge in [-0.25, -0.2) is 22.4 Å². The molecule has 5 rings (SSSR count). The Kier molecular flexibility index (Phi) is 11.3. The molecule has 0 unspecified atom stereocenters. The maximum Gasteiger partial charge on any atom is 0.410 e. The van der Waals surface area contributed by atoms with E-state index in [1.807, 2.05) is 0 Å². The predicted octanol–water partition coefficient (Wildman–Crippen LogP) is 3.53. The van der Waals surface area contributed by atoms with Gasteiger partial charge >= 0.3 is 12.2 Å². The van der Waals surface area contributed by atoms with Crippen molar-refractivity contribution in [3.05, 3.63) is 47.3 Å². The summed E-state index contributed by atoms with van der Waals surface area (Å²) >= 11 is 0. The third-order valence-corrected chi connectivity index (χ3v) is 11.4. The summed E-state index contributed by atoms with van der Waals surface area (Å²) in [6.07, 6.45) is 4.02. The van der Waals surface area contributed by atoms with Crippen LogP contribution in [0.2, 0.25) is 0 Å². The molecule has 1 aromatic carbocycles. The second-order valence-corrected chi connectivity index (χ2v) is 16.7.